The zero-order valence-electron chi connectivity index (χ0n) is 10.6. The molecular weight excluding hydrogens is 338 g/mol. The minimum Gasteiger partial charge on any atom is -0.452 e. The number of carbonyl (C=O) groups excluding carboxylic acids is 1. The standard InChI is InChI=1S/C15H8BrNO4/c16-10-4-5-13-12(8-10)15(18)14(21-13)7-9-2-1-3-11(6-9)17(19)20/h1-8H. The number of nitro benzene ring substituents is 1. The van der Waals surface area contributed by atoms with Gasteiger partial charge in [0.2, 0.25) is 5.78 Å². The second-order valence-electron chi connectivity index (χ2n) is 4.43. The van der Waals surface area contributed by atoms with Gasteiger partial charge in [0, 0.05) is 16.6 Å². The van der Waals surface area contributed by atoms with Gasteiger partial charge in [-0.05, 0) is 29.8 Å². The molecule has 0 spiro atoms. The Morgan fingerprint density at radius 1 is 1.19 bits per heavy atom. The summed E-state index contributed by atoms with van der Waals surface area (Å²) in [7, 11) is 0. The van der Waals surface area contributed by atoms with Crippen LogP contribution in [0.3, 0.4) is 0 Å². The third-order valence-electron chi connectivity index (χ3n) is 3.01. The quantitative estimate of drug-likeness (QED) is 0.469. The lowest BCUT2D eigenvalue weighted by Crippen LogP contribution is -1.98. The highest BCUT2D eigenvalue weighted by molar-refractivity contribution is 9.10. The SMILES string of the molecule is O=C1C(=Cc2cccc([N+](=O)[O-])c2)Oc2ccc(Br)cc21. The van der Waals surface area contributed by atoms with E-state index < -0.39 is 4.92 Å². The van der Waals surface area contributed by atoms with Crippen molar-refractivity contribution in [1.82, 2.24) is 0 Å². The lowest BCUT2D eigenvalue weighted by molar-refractivity contribution is -0.384. The van der Waals surface area contributed by atoms with Gasteiger partial charge in [0.15, 0.2) is 5.76 Å². The summed E-state index contributed by atoms with van der Waals surface area (Å²) >= 11 is 3.30. The second-order valence-corrected chi connectivity index (χ2v) is 5.35. The summed E-state index contributed by atoms with van der Waals surface area (Å²) in [5, 5.41) is 10.8. The number of ketones is 1. The molecule has 0 aliphatic carbocycles. The molecule has 6 heteroatoms. The molecule has 0 atom stereocenters. The van der Waals surface area contributed by atoms with E-state index in [-0.39, 0.29) is 17.2 Å². The molecule has 0 saturated carbocycles. The Morgan fingerprint density at radius 2 is 2.00 bits per heavy atom. The van der Waals surface area contributed by atoms with Crippen LogP contribution in [0, 0.1) is 10.1 Å². The molecule has 0 saturated heterocycles. The number of carbonyl (C=O) groups is 1. The molecule has 0 aromatic heterocycles. The average Bonchev–Trinajstić information content (AvgIpc) is 2.76. The Morgan fingerprint density at radius 3 is 2.76 bits per heavy atom. The third kappa shape index (κ3) is 2.57. The monoisotopic (exact) mass is 345 g/mol. The number of nitro groups is 1. The summed E-state index contributed by atoms with van der Waals surface area (Å²) in [5.41, 5.74) is 0.982. The fraction of sp³-hybridized carbons (Fsp3) is 0. The molecule has 0 fully saturated rings. The van der Waals surface area contributed by atoms with Crippen molar-refractivity contribution in [1.29, 1.82) is 0 Å². The fourth-order valence-electron chi connectivity index (χ4n) is 2.04. The van der Waals surface area contributed by atoms with Crippen molar-refractivity contribution in [2.45, 2.75) is 0 Å². The van der Waals surface area contributed by atoms with Crippen molar-refractivity contribution in [2.75, 3.05) is 0 Å². The minimum atomic E-state index is -0.481. The number of fused-ring (bicyclic) bond motifs is 1. The van der Waals surface area contributed by atoms with Crippen LogP contribution in [0.15, 0.2) is 52.7 Å². The first kappa shape index (κ1) is 13.5. The summed E-state index contributed by atoms with van der Waals surface area (Å²) in [4.78, 5) is 22.5. The number of rotatable bonds is 2. The van der Waals surface area contributed by atoms with Crippen LogP contribution in [0.5, 0.6) is 5.75 Å². The Hall–Kier alpha value is -2.47. The fourth-order valence-corrected chi connectivity index (χ4v) is 2.40. The topological polar surface area (TPSA) is 69.4 Å². The molecule has 0 radical (unpaired) electrons. The number of nitrogens with zero attached hydrogens (tertiary/aromatic N) is 1. The van der Waals surface area contributed by atoms with Gasteiger partial charge >= 0.3 is 0 Å². The molecule has 21 heavy (non-hydrogen) atoms. The van der Waals surface area contributed by atoms with Crippen LogP contribution in [-0.4, -0.2) is 10.7 Å². The van der Waals surface area contributed by atoms with E-state index in [0.29, 0.717) is 16.9 Å². The van der Waals surface area contributed by atoms with Gasteiger partial charge in [0.05, 0.1) is 10.5 Å². The molecule has 2 aromatic rings. The van der Waals surface area contributed by atoms with E-state index in [1.54, 1.807) is 30.3 Å². The molecule has 1 heterocycles. The Balaban J connectivity index is 1.98. The van der Waals surface area contributed by atoms with E-state index in [9.17, 15) is 14.9 Å². The first-order chi connectivity index (χ1) is 10.0. The Bertz CT molecular complexity index is 798. The normalized spacial score (nSPS) is 14.9. The van der Waals surface area contributed by atoms with Crippen LogP contribution in [-0.2, 0) is 0 Å². The smallest absolute Gasteiger partial charge is 0.270 e. The number of ether oxygens (including phenoxy) is 1. The summed E-state index contributed by atoms with van der Waals surface area (Å²) in [6.45, 7) is 0. The molecule has 0 bridgehead atoms. The van der Waals surface area contributed by atoms with Gasteiger partial charge in [-0.1, -0.05) is 28.1 Å². The highest BCUT2D eigenvalue weighted by atomic mass is 79.9. The maximum absolute atomic E-state index is 12.2. The summed E-state index contributed by atoms with van der Waals surface area (Å²) in [6.07, 6.45) is 1.50. The van der Waals surface area contributed by atoms with Gasteiger partial charge in [0.1, 0.15) is 5.75 Å². The number of benzene rings is 2. The van der Waals surface area contributed by atoms with Crippen molar-refractivity contribution < 1.29 is 14.5 Å². The average molecular weight is 346 g/mol. The van der Waals surface area contributed by atoms with Crippen LogP contribution in [0.4, 0.5) is 5.69 Å². The predicted molar refractivity (Wildman–Crippen MR) is 80.2 cm³/mol. The largest absolute Gasteiger partial charge is 0.452 e. The zero-order chi connectivity index (χ0) is 15.0. The lowest BCUT2D eigenvalue weighted by atomic mass is 10.1. The molecule has 3 rings (SSSR count). The van der Waals surface area contributed by atoms with E-state index in [1.807, 2.05) is 0 Å². The first-order valence-electron chi connectivity index (χ1n) is 6.03. The molecule has 5 nitrogen and oxygen atoms in total. The van der Waals surface area contributed by atoms with Gasteiger partial charge in [-0.25, -0.2) is 0 Å². The van der Waals surface area contributed by atoms with Crippen molar-refractivity contribution in [2.24, 2.45) is 0 Å². The van der Waals surface area contributed by atoms with Crippen molar-refractivity contribution >= 4 is 33.5 Å². The number of Topliss-reactive ketones (excluding diaryl/α,β-unsaturated/α-hetero) is 1. The van der Waals surface area contributed by atoms with Gasteiger partial charge in [-0.15, -0.1) is 0 Å². The van der Waals surface area contributed by atoms with Gasteiger partial charge in [0.25, 0.3) is 5.69 Å². The van der Waals surface area contributed by atoms with E-state index in [2.05, 4.69) is 15.9 Å². The highest BCUT2D eigenvalue weighted by Crippen LogP contribution is 2.33. The molecule has 0 N–H and O–H groups in total. The molecule has 2 aromatic carbocycles. The van der Waals surface area contributed by atoms with Crippen molar-refractivity contribution in [3.05, 3.63) is 73.9 Å². The maximum atomic E-state index is 12.2. The molecule has 0 unspecified atom stereocenters. The van der Waals surface area contributed by atoms with Crippen LogP contribution in [0.2, 0.25) is 0 Å². The molecule has 0 amide bonds. The van der Waals surface area contributed by atoms with Gasteiger partial charge in [-0.3, -0.25) is 14.9 Å². The summed E-state index contributed by atoms with van der Waals surface area (Å²) in [5.74, 6) is 0.404. The maximum Gasteiger partial charge on any atom is 0.270 e. The zero-order valence-corrected chi connectivity index (χ0v) is 12.2. The second kappa shape index (κ2) is 5.14. The molecular formula is C15H8BrNO4. The van der Waals surface area contributed by atoms with Crippen LogP contribution in [0.25, 0.3) is 6.08 Å². The number of hydrogen-bond acceptors (Lipinski definition) is 4. The lowest BCUT2D eigenvalue weighted by Gasteiger charge is -1.98. The first-order valence-corrected chi connectivity index (χ1v) is 6.82. The van der Waals surface area contributed by atoms with E-state index in [4.69, 9.17) is 4.74 Å². The highest BCUT2D eigenvalue weighted by Gasteiger charge is 2.27. The van der Waals surface area contributed by atoms with E-state index in [0.717, 1.165) is 4.47 Å². The number of non-ortho nitro benzene ring substituents is 1. The number of halogens is 1. The van der Waals surface area contributed by atoms with Crippen LogP contribution >= 0.6 is 15.9 Å². The molecule has 1 aliphatic heterocycles. The molecule has 104 valence electrons. The van der Waals surface area contributed by atoms with Gasteiger partial charge in [-0.2, -0.15) is 0 Å². The third-order valence-corrected chi connectivity index (χ3v) is 3.50. The van der Waals surface area contributed by atoms with E-state index >= 15 is 0 Å². The summed E-state index contributed by atoms with van der Waals surface area (Å²) in [6, 6.07) is 11.2. The Kier molecular flexibility index (Phi) is 3.31. The predicted octanol–water partition coefficient (Wildman–Crippen LogP) is 3.97. The summed E-state index contributed by atoms with van der Waals surface area (Å²) < 4.78 is 6.29. The van der Waals surface area contributed by atoms with Crippen LogP contribution < -0.4 is 4.74 Å². The van der Waals surface area contributed by atoms with Crippen molar-refractivity contribution in [3.8, 4) is 5.75 Å². The van der Waals surface area contributed by atoms with E-state index in [1.165, 1.54) is 18.2 Å². The van der Waals surface area contributed by atoms with Gasteiger partial charge < -0.3 is 4.74 Å². The van der Waals surface area contributed by atoms with Crippen molar-refractivity contribution in [3.63, 3.8) is 0 Å². The molecule has 1 aliphatic rings. The number of hydrogen-bond donors (Lipinski definition) is 0. The Labute approximate surface area is 128 Å². The van der Waals surface area contributed by atoms with Crippen LogP contribution in [0.1, 0.15) is 15.9 Å². The minimum absolute atomic E-state index is 0.0324. The number of allylic oxidation sites excluding steroid dienone is 1.